The molecule has 0 fully saturated rings. The summed E-state index contributed by atoms with van der Waals surface area (Å²) in [7, 11) is 0. The highest BCUT2D eigenvalue weighted by Crippen LogP contribution is 2.40. The number of ether oxygens (including phenoxy) is 18. The Morgan fingerprint density at radius 2 is 0.204 bits per heavy atom. The van der Waals surface area contributed by atoms with Gasteiger partial charge in [0.05, 0.1) is 208 Å². The van der Waals surface area contributed by atoms with E-state index in [-0.39, 0.29) is 0 Å². The molecular weight excluding hydrogens is 1780 g/mol. The molecule has 0 spiro atoms. The molecule has 0 heterocycles. The van der Waals surface area contributed by atoms with E-state index in [1.165, 1.54) is 0 Å². The molecule has 0 aromatic heterocycles. The molecule has 9 rings (SSSR count). The van der Waals surface area contributed by atoms with Crippen LogP contribution < -0.4 is 85.3 Å². The second-order valence-corrected chi connectivity index (χ2v) is 33.5. The molecular formula is C124H146O18. The fourth-order valence-corrected chi connectivity index (χ4v) is 13.5. The van der Waals surface area contributed by atoms with E-state index in [9.17, 15) is 0 Å². The van der Waals surface area contributed by atoms with E-state index in [0.29, 0.717) is 300 Å². The zero-order chi connectivity index (χ0) is 101. The number of hydrogen-bond donors (Lipinski definition) is 0. The van der Waals surface area contributed by atoms with Crippen LogP contribution in [0.5, 0.6) is 103 Å². The van der Waals surface area contributed by atoms with Gasteiger partial charge in [-0.2, -0.15) is 0 Å². The first kappa shape index (κ1) is 111. The average molecular weight is 1920 g/mol. The lowest BCUT2D eigenvalue weighted by Gasteiger charge is -2.15. The van der Waals surface area contributed by atoms with E-state index < -0.39 is 0 Å². The van der Waals surface area contributed by atoms with Crippen molar-refractivity contribution >= 4 is 0 Å². The lowest BCUT2D eigenvalue weighted by Crippen LogP contribution is -2.03. The molecule has 750 valence electrons. The van der Waals surface area contributed by atoms with Crippen molar-refractivity contribution in [3.63, 3.8) is 0 Å². The molecule has 0 aliphatic carbocycles. The van der Waals surface area contributed by atoms with Crippen molar-refractivity contribution in [3.05, 3.63) is 210 Å². The summed E-state index contributed by atoms with van der Waals surface area (Å²) >= 11 is 0. The normalized spacial score (nSPS) is 10.3. The van der Waals surface area contributed by atoms with Crippen LogP contribution in [0.1, 0.15) is 329 Å². The molecule has 0 N–H and O–H groups in total. The molecule has 0 saturated heterocycles. The van der Waals surface area contributed by atoms with Gasteiger partial charge in [0.2, 0.25) is 0 Å². The van der Waals surface area contributed by atoms with Gasteiger partial charge >= 0.3 is 0 Å². The third-order valence-corrected chi connectivity index (χ3v) is 20.5. The summed E-state index contributed by atoms with van der Waals surface area (Å²) < 4.78 is 116. The monoisotopic (exact) mass is 1920 g/mol. The van der Waals surface area contributed by atoms with E-state index in [2.05, 4.69) is 219 Å². The predicted octanol–water partition coefficient (Wildman–Crippen LogP) is 27.1. The summed E-state index contributed by atoms with van der Waals surface area (Å²) in [6.07, 6.45) is 14.0. The second-order valence-electron chi connectivity index (χ2n) is 33.5. The molecule has 0 aliphatic rings. The fourth-order valence-electron chi connectivity index (χ4n) is 13.5. The summed E-state index contributed by atoms with van der Waals surface area (Å²) in [5.74, 6) is 65.8. The molecule has 142 heavy (non-hydrogen) atoms. The summed E-state index contributed by atoms with van der Waals surface area (Å²) in [5, 5.41) is 0. The Balaban J connectivity index is 1.10. The molecule has 9 aromatic rings. The molecule has 18 nitrogen and oxygen atoms in total. The summed E-state index contributed by atoms with van der Waals surface area (Å²) in [6.45, 7) is 45.6. The maximum absolute atomic E-state index is 6.61. The van der Waals surface area contributed by atoms with Crippen LogP contribution in [0.3, 0.4) is 0 Å². The highest BCUT2D eigenvalue weighted by atomic mass is 16.5. The summed E-state index contributed by atoms with van der Waals surface area (Å²) in [4.78, 5) is 0. The Labute approximate surface area is 847 Å². The highest BCUT2D eigenvalue weighted by molar-refractivity contribution is 5.71. The van der Waals surface area contributed by atoms with E-state index in [1.54, 1.807) is 0 Å². The Kier molecular flexibility index (Phi) is 49.9. The standard InChI is InChI=1S/C124H146O18/c1-19-57-125-107-53-55-109(127-59-21-3)91(75-107)37-39-93-77-113(131-63-25-7)95(79-111(93)129-61-23-5)41-43-97-81-117(135-67-29-11)99(83-115(97)133-65-27-9)45-47-101-85-121(139-71-33-15)103(87-119(101)137-69-31-13)49-51-105-89-124(142-74-36-18)106(90-123(105)141-73-35-17)52-50-104-88-120(138-70-32-14)102(86-122(104)140-72-34-16)48-46-100-84-116(134-66-28-10)98(82-118(100)136-68-30-12)44-42-96-80-112(130-62-24-6)94(78-114(96)132-64-26-8)40-38-92-76-108(126-58-20-2)54-56-110(92)128-60-22-4/h53-56,75-90H,19-36,57-74H2,1-18H3. The van der Waals surface area contributed by atoms with Crippen LogP contribution in [0.25, 0.3) is 0 Å². The lowest BCUT2D eigenvalue weighted by atomic mass is 10.0. The van der Waals surface area contributed by atoms with Crippen LogP contribution in [0.4, 0.5) is 0 Å². The van der Waals surface area contributed by atoms with Crippen molar-refractivity contribution in [2.75, 3.05) is 119 Å². The molecule has 9 aromatic carbocycles. The van der Waals surface area contributed by atoms with E-state index in [0.717, 1.165) is 127 Å². The third kappa shape index (κ3) is 35.3. The van der Waals surface area contributed by atoms with Gasteiger partial charge in [-0.1, -0.05) is 219 Å². The smallest absolute Gasteiger partial charge is 0.136 e. The van der Waals surface area contributed by atoms with E-state index >= 15 is 0 Å². The van der Waals surface area contributed by atoms with Gasteiger partial charge in [0.1, 0.15) is 103 Å². The molecule has 18 heteroatoms. The van der Waals surface area contributed by atoms with Crippen LogP contribution in [0.2, 0.25) is 0 Å². The summed E-state index contributed by atoms with van der Waals surface area (Å²) in [5.41, 5.74) is 9.93. The van der Waals surface area contributed by atoms with E-state index in [1.807, 2.05) is 121 Å². The van der Waals surface area contributed by atoms with Crippen LogP contribution in [-0.4, -0.2) is 119 Å². The second kappa shape index (κ2) is 63.5. The van der Waals surface area contributed by atoms with Gasteiger partial charge in [0.25, 0.3) is 0 Å². The van der Waals surface area contributed by atoms with Gasteiger partial charge < -0.3 is 85.3 Å². The maximum Gasteiger partial charge on any atom is 0.136 e. The zero-order valence-electron chi connectivity index (χ0n) is 87.4. The molecule has 0 bridgehead atoms. The minimum atomic E-state index is 0.411. The van der Waals surface area contributed by atoms with Gasteiger partial charge in [-0.15, -0.1) is 0 Å². The van der Waals surface area contributed by atoms with E-state index in [4.69, 9.17) is 85.3 Å². The molecule has 0 radical (unpaired) electrons. The Morgan fingerprint density at radius 3 is 0.310 bits per heavy atom. The third-order valence-electron chi connectivity index (χ3n) is 20.5. The van der Waals surface area contributed by atoms with Gasteiger partial charge in [-0.25, -0.2) is 0 Å². The van der Waals surface area contributed by atoms with Crippen LogP contribution in [-0.2, 0) is 0 Å². The SMILES string of the molecule is CCCOc1ccc(OCCC)c(C#Cc2cc(OCCC)c(C#Cc3cc(OCCC)c(C#Cc4cc(OCCC)c(C#Cc5cc(OCCC)c(C#Cc6cc(OCCC)c(C#Cc7cc(OCCC)c(C#Cc8cc(OCCC)c(C#Cc9cc(OCCC)ccc9OCCC)cc8OCCC)cc7OCCC)cc6OCCC)cc5OCCC)cc4OCCC)cc3OCCC)cc2OCCC)c1. The van der Waals surface area contributed by atoms with Crippen LogP contribution >= 0.6 is 0 Å². The Hall–Kier alpha value is -14.1. The van der Waals surface area contributed by atoms with Crippen molar-refractivity contribution in [1.29, 1.82) is 0 Å². The molecule has 0 unspecified atom stereocenters. The van der Waals surface area contributed by atoms with Crippen molar-refractivity contribution in [2.24, 2.45) is 0 Å². The minimum Gasteiger partial charge on any atom is -0.494 e. The Morgan fingerprint density at radius 1 is 0.113 bits per heavy atom. The van der Waals surface area contributed by atoms with Crippen molar-refractivity contribution in [1.82, 2.24) is 0 Å². The van der Waals surface area contributed by atoms with Crippen molar-refractivity contribution < 1.29 is 85.3 Å². The number of hydrogen-bond acceptors (Lipinski definition) is 18. The number of benzene rings is 9. The quantitative estimate of drug-likeness (QED) is 0.0330. The molecule has 0 amide bonds. The first-order valence-electron chi connectivity index (χ1n) is 51.7. The number of rotatable bonds is 54. The first-order valence-corrected chi connectivity index (χ1v) is 51.7. The van der Waals surface area contributed by atoms with Crippen molar-refractivity contribution in [2.45, 2.75) is 240 Å². The highest BCUT2D eigenvalue weighted by Gasteiger charge is 2.22. The topological polar surface area (TPSA) is 166 Å². The van der Waals surface area contributed by atoms with Crippen LogP contribution in [0.15, 0.2) is 121 Å². The zero-order valence-corrected chi connectivity index (χ0v) is 87.4. The molecule has 0 saturated carbocycles. The van der Waals surface area contributed by atoms with Crippen LogP contribution in [0, 0.1) is 94.7 Å². The van der Waals surface area contributed by atoms with Crippen molar-refractivity contribution in [3.8, 4) is 198 Å². The average Bonchev–Trinajstić information content (AvgIpc) is 0.743. The Bertz CT molecular complexity index is 5680. The molecule has 0 atom stereocenters. The maximum atomic E-state index is 6.61. The minimum absolute atomic E-state index is 0.411. The van der Waals surface area contributed by atoms with Gasteiger partial charge in [0.15, 0.2) is 0 Å². The van der Waals surface area contributed by atoms with Gasteiger partial charge in [-0.05, 0) is 152 Å². The fraction of sp³-hybridized carbons (Fsp3) is 0.435. The van der Waals surface area contributed by atoms with Gasteiger partial charge in [-0.3, -0.25) is 0 Å². The first-order chi connectivity index (χ1) is 69.6. The largest absolute Gasteiger partial charge is 0.494 e. The predicted molar refractivity (Wildman–Crippen MR) is 570 cm³/mol. The summed E-state index contributed by atoms with van der Waals surface area (Å²) in [6, 6.07) is 38.3. The van der Waals surface area contributed by atoms with Gasteiger partial charge in [0, 0.05) is 84.9 Å². The lowest BCUT2D eigenvalue weighted by molar-refractivity contribution is 0.307. The molecule has 0 aliphatic heterocycles.